The molecule has 6 nitrogen and oxygen atoms in total. The number of benzene rings is 1. The van der Waals surface area contributed by atoms with Crippen molar-refractivity contribution < 1.29 is 19.2 Å². The van der Waals surface area contributed by atoms with E-state index in [0.29, 0.717) is 5.56 Å². The third kappa shape index (κ3) is 3.63. The van der Waals surface area contributed by atoms with Crippen LogP contribution in [0.15, 0.2) is 24.3 Å². The van der Waals surface area contributed by atoms with Crippen molar-refractivity contribution in [1.29, 1.82) is 0 Å². The first kappa shape index (κ1) is 15.8. The number of Topliss-reactive ketones (excluding diaryl/α,β-unsaturated/α-hetero) is 1. The number of carbonyl (C=O) groups excluding carboxylic acids is 2. The predicted molar refractivity (Wildman–Crippen MR) is 72.3 cm³/mol. The molecule has 0 saturated heterocycles. The van der Waals surface area contributed by atoms with Crippen molar-refractivity contribution in [2.45, 2.75) is 26.7 Å². The Morgan fingerprint density at radius 3 is 2.25 bits per heavy atom. The summed E-state index contributed by atoms with van der Waals surface area (Å²) in [6, 6.07) is 5.82. The molecule has 108 valence electrons. The molecule has 6 heteroatoms. The van der Waals surface area contributed by atoms with Gasteiger partial charge in [0.05, 0.1) is 11.5 Å². The van der Waals surface area contributed by atoms with Crippen molar-refractivity contribution in [1.82, 2.24) is 0 Å². The number of hydrogen-bond donors (Lipinski definition) is 0. The van der Waals surface area contributed by atoms with Gasteiger partial charge in [0.2, 0.25) is 0 Å². The average Bonchev–Trinajstić information content (AvgIpc) is 2.38. The number of nitrogens with zero attached hydrogens (tertiary/aromatic N) is 1. The number of nitro groups is 1. The van der Waals surface area contributed by atoms with Gasteiger partial charge in [0.15, 0.2) is 0 Å². The number of nitro benzene ring substituents is 1. The molecule has 0 N–H and O–H groups in total. The van der Waals surface area contributed by atoms with Crippen LogP contribution in [0.4, 0.5) is 5.69 Å². The van der Waals surface area contributed by atoms with Gasteiger partial charge in [0.1, 0.15) is 11.7 Å². The van der Waals surface area contributed by atoms with Gasteiger partial charge in [-0.05, 0) is 19.4 Å². The van der Waals surface area contributed by atoms with Gasteiger partial charge in [-0.2, -0.15) is 0 Å². The Hall–Kier alpha value is -2.24. The molecule has 0 saturated carbocycles. The maximum absolute atomic E-state index is 11.8. The first-order valence-corrected chi connectivity index (χ1v) is 6.29. The molecule has 0 aromatic heterocycles. The van der Waals surface area contributed by atoms with Crippen LogP contribution in [-0.4, -0.2) is 23.3 Å². The molecule has 1 rings (SSSR count). The van der Waals surface area contributed by atoms with Crippen LogP contribution < -0.4 is 0 Å². The summed E-state index contributed by atoms with van der Waals surface area (Å²) in [6.07, 6.45) is 0. The molecule has 0 fully saturated rings. The summed E-state index contributed by atoms with van der Waals surface area (Å²) in [6.45, 7) is 4.94. The van der Waals surface area contributed by atoms with Gasteiger partial charge in [-0.3, -0.25) is 19.7 Å². The van der Waals surface area contributed by atoms with Crippen molar-refractivity contribution >= 4 is 17.4 Å². The minimum atomic E-state index is -0.892. The zero-order valence-corrected chi connectivity index (χ0v) is 11.7. The van der Waals surface area contributed by atoms with E-state index in [0.717, 1.165) is 0 Å². The number of ketones is 1. The molecule has 0 heterocycles. The highest BCUT2D eigenvalue weighted by Crippen LogP contribution is 2.27. The Kier molecular flexibility index (Phi) is 5.37. The number of rotatable bonds is 6. The van der Waals surface area contributed by atoms with Crippen LogP contribution in [0.3, 0.4) is 0 Å². The minimum Gasteiger partial charge on any atom is -0.465 e. The van der Waals surface area contributed by atoms with E-state index < -0.39 is 22.7 Å². The molecule has 2 unspecified atom stereocenters. The largest absolute Gasteiger partial charge is 0.465 e. The average molecular weight is 279 g/mol. The van der Waals surface area contributed by atoms with E-state index in [1.54, 1.807) is 26.0 Å². The fraction of sp³-hybridized carbons (Fsp3) is 0.429. The Labute approximate surface area is 116 Å². The maximum atomic E-state index is 11.8. The van der Waals surface area contributed by atoms with Crippen molar-refractivity contribution in [3.05, 3.63) is 39.9 Å². The van der Waals surface area contributed by atoms with Gasteiger partial charge in [0.25, 0.3) is 5.69 Å². The predicted octanol–water partition coefficient (Wildman–Crippen LogP) is 2.47. The van der Waals surface area contributed by atoms with Crippen molar-refractivity contribution in [2.24, 2.45) is 5.92 Å². The van der Waals surface area contributed by atoms with Crippen LogP contribution in [0.5, 0.6) is 0 Å². The molecule has 1 aromatic rings. The van der Waals surface area contributed by atoms with Crippen LogP contribution in [0, 0.1) is 16.0 Å². The van der Waals surface area contributed by atoms with Crippen LogP contribution >= 0.6 is 0 Å². The Morgan fingerprint density at radius 2 is 1.85 bits per heavy atom. The molecule has 0 spiro atoms. The topological polar surface area (TPSA) is 86.5 Å². The molecule has 2 atom stereocenters. The third-order valence-corrected chi connectivity index (χ3v) is 3.11. The smallest absolute Gasteiger partial charge is 0.317 e. The van der Waals surface area contributed by atoms with Gasteiger partial charge in [-0.1, -0.05) is 19.1 Å². The van der Waals surface area contributed by atoms with Crippen LogP contribution in [0.2, 0.25) is 0 Å². The number of ether oxygens (including phenoxy) is 1. The highest BCUT2D eigenvalue weighted by atomic mass is 16.6. The number of esters is 1. The van der Waals surface area contributed by atoms with Gasteiger partial charge in [-0.25, -0.2) is 0 Å². The molecule has 0 aliphatic carbocycles. The van der Waals surface area contributed by atoms with Crippen LogP contribution in [0.25, 0.3) is 0 Å². The molecule has 0 aliphatic rings. The lowest BCUT2D eigenvalue weighted by atomic mass is 9.85. The van der Waals surface area contributed by atoms with Crippen LogP contribution in [0.1, 0.15) is 32.3 Å². The molecule has 0 radical (unpaired) electrons. The van der Waals surface area contributed by atoms with Gasteiger partial charge >= 0.3 is 5.97 Å². The first-order chi connectivity index (χ1) is 9.38. The monoisotopic (exact) mass is 279 g/mol. The van der Waals surface area contributed by atoms with E-state index in [1.807, 2.05) is 0 Å². The van der Waals surface area contributed by atoms with E-state index >= 15 is 0 Å². The van der Waals surface area contributed by atoms with Crippen molar-refractivity contribution in [3.63, 3.8) is 0 Å². The van der Waals surface area contributed by atoms with Crippen molar-refractivity contribution in [2.75, 3.05) is 6.61 Å². The summed E-state index contributed by atoms with van der Waals surface area (Å²) in [5.41, 5.74) is 0.653. The molecular formula is C14H17NO5. The molecule has 0 amide bonds. The zero-order chi connectivity index (χ0) is 15.3. The standard InChI is InChI=1S/C14H17NO5/c1-4-20-14(17)13(10(3)16)9(2)11-5-7-12(8-6-11)15(18)19/h5-9,13H,4H2,1-3H3. The van der Waals surface area contributed by atoms with Gasteiger partial charge < -0.3 is 4.74 Å². The van der Waals surface area contributed by atoms with Crippen molar-refractivity contribution in [3.8, 4) is 0 Å². The van der Waals surface area contributed by atoms with E-state index in [-0.39, 0.29) is 18.1 Å². The van der Waals surface area contributed by atoms with E-state index in [9.17, 15) is 19.7 Å². The molecule has 0 aliphatic heterocycles. The molecule has 0 bridgehead atoms. The Bertz CT molecular complexity index is 509. The summed E-state index contributed by atoms with van der Waals surface area (Å²) in [7, 11) is 0. The maximum Gasteiger partial charge on any atom is 0.317 e. The number of hydrogen-bond acceptors (Lipinski definition) is 5. The Morgan fingerprint density at radius 1 is 1.30 bits per heavy atom. The quantitative estimate of drug-likeness (QED) is 0.345. The summed E-state index contributed by atoms with van der Waals surface area (Å²) in [5, 5.41) is 10.6. The van der Waals surface area contributed by atoms with Crippen LogP contribution in [-0.2, 0) is 14.3 Å². The SMILES string of the molecule is CCOC(=O)C(C(C)=O)C(C)c1ccc([N+](=O)[O-])cc1. The highest BCUT2D eigenvalue weighted by Gasteiger charge is 2.31. The fourth-order valence-electron chi connectivity index (χ4n) is 2.05. The first-order valence-electron chi connectivity index (χ1n) is 6.29. The van der Waals surface area contributed by atoms with E-state index in [2.05, 4.69) is 0 Å². The summed E-state index contributed by atoms with van der Waals surface area (Å²) < 4.78 is 4.90. The highest BCUT2D eigenvalue weighted by molar-refractivity contribution is 5.98. The molecule has 1 aromatic carbocycles. The molecular weight excluding hydrogens is 262 g/mol. The number of non-ortho nitro benzene ring substituents is 1. The second-order valence-corrected chi connectivity index (χ2v) is 4.48. The normalized spacial score (nSPS) is 13.3. The minimum absolute atomic E-state index is 0.0311. The lowest BCUT2D eigenvalue weighted by Gasteiger charge is -2.20. The third-order valence-electron chi connectivity index (χ3n) is 3.11. The van der Waals surface area contributed by atoms with Gasteiger partial charge in [-0.15, -0.1) is 0 Å². The second-order valence-electron chi connectivity index (χ2n) is 4.48. The number of carbonyl (C=O) groups is 2. The summed E-state index contributed by atoms with van der Waals surface area (Å²) in [5.74, 6) is -2.14. The van der Waals surface area contributed by atoms with E-state index in [1.165, 1.54) is 19.1 Å². The summed E-state index contributed by atoms with van der Waals surface area (Å²) >= 11 is 0. The zero-order valence-electron chi connectivity index (χ0n) is 11.7. The lowest BCUT2D eigenvalue weighted by molar-refractivity contribution is -0.384. The second kappa shape index (κ2) is 6.79. The van der Waals surface area contributed by atoms with E-state index in [4.69, 9.17) is 4.74 Å². The molecule has 20 heavy (non-hydrogen) atoms. The fourth-order valence-corrected chi connectivity index (χ4v) is 2.05. The summed E-state index contributed by atoms with van der Waals surface area (Å²) in [4.78, 5) is 33.6. The lowest BCUT2D eigenvalue weighted by Crippen LogP contribution is -2.29. The van der Waals surface area contributed by atoms with Gasteiger partial charge in [0, 0.05) is 18.1 Å². The Balaban J connectivity index is 3.00.